The average Bonchev–Trinajstić information content (AvgIpc) is 3.10. The van der Waals surface area contributed by atoms with Gasteiger partial charge in [0, 0.05) is 12.0 Å². The zero-order valence-electron chi connectivity index (χ0n) is 16.7. The normalized spacial score (nSPS) is 10.8. The maximum absolute atomic E-state index is 12.9. The second-order valence-electron chi connectivity index (χ2n) is 7.12. The lowest BCUT2D eigenvalue weighted by Crippen LogP contribution is -2.18. The van der Waals surface area contributed by atoms with Crippen molar-refractivity contribution in [2.24, 2.45) is 0 Å². The van der Waals surface area contributed by atoms with Gasteiger partial charge < -0.3 is 0 Å². The molecule has 150 valence electrons. The summed E-state index contributed by atoms with van der Waals surface area (Å²) in [4.78, 5) is 39.9. The Morgan fingerprint density at radius 1 is 0.893 bits per heavy atom. The molecule has 5 nitrogen and oxygen atoms in total. The molecule has 5 heteroatoms. The minimum atomic E-state index is -0.325. The molecule has 0 N–H and O–H groups in total. The summed E-state index contributed by atoms with van der Waals surface area (Å²) in [7, 11) is 0. The Bertz CT molecular complexity index is 766. The molecule has 0 atom stereocenters. The summed E-state index contributed by atoms with van der Waals surface area (Å²) in [5.74, 6) is 0.162. The van der Waals surface area contributed by atoms with Crippen molar-refractivity contribution < 1.29 is 14.4 Å². The van der Waals surface area contributed by atoms with Gasteiger partial charge in [-0.2, -0.15) is 0 Å². The largest absolute Gasteiger partial charge is 0.296 e. The van der Waals surface area contributed by atoms with E-state index in [0.717, 1.165) is 19.3 Å². The first-order valence-electron chi connectivity index (χ1n) is 10.3. The van der Waals surface area contributed by atoms with Crippen molar-refractivity contribution in [1.82, 2.24) is 9.55 Å². The second-order valence-corrected chi connectivity index (χ2v) is 7.12. The SMILES string of the molecule is CCCCCCCCCCCc1nc(C=O)c(C=O)n1C(=O)c1ccccc1. The van der Waals surface area contributed by atoms with Gasteiger partial charge in [0.2, 0.25) is 0 Å². The lowest BCUT2D eigenvalue weighted by molar-refractivity contribution is 0.0942. The summed E-state index contributed by atoms with van der Waals surface area (Å²) in [5, 5.41) is 0. The molecular formula is C23H30N2O3. The van der Waals surface area contributed by atoms with E-state index in [2.05, 4.69) is 11.9 Å². The minimum Gasteiger partial charge on any atom is -0.296 e. The highest BCUT2D eigenvalue weighted by Crippen LogP contribution is 2.16. The number of rotatable bonds is 13. The van der Waals surface area contributed by atoms with Crippen LogP contribution in [0.1, 0.15) is 102 Å². The molecular weight excluding hydrogens is 352 g/mol. The highest BCUT2D eigenvalue weighted by Gasteiger charge is 2.22. The third kappa shape index (κ3) is 5.98. The molecule has 0 aliphatic rings. The van der Waals surface area contributed by atoms with Crippen LogP contribution in [0.25, 0.3) is 0 Å². The quantitative estimate of drug-likeness (QED) is 0.349. The summed E-state index contributed by atoms with van der Waals surface area (Å²) in [6.45, 7) is 2.22. The van der Waals surface area contributed by atoms with Gasteiger partial charge in [-0.05, 0) is 18.6 Å². The molecule has 0 amide bonds. The molecule has 0 saturated carbocycles. The van der Waals surface area contributed by atoms with Crippen LogP contribution in [-0.4, -0.2) is 28.0 Å². The number of benzene rings is 1. The van der Waals surface area contributed by atoms with Gasteiger partial charge in [-0.25, -0.2) is 4.98 Å². The molecule has 1 heterocycles. The fraction of sp³-hybridized carbons (Fsp3) is 0.478. The van der Waals surface area contributed by atoms with E-state index in [4.69, 9.17) is 0 Å². The van der Waals surface area contributed by atoms with Gasteiger partial charge >= 0.3 is 0 Å². The van der Waals surface area contributed by atoms with Gasteiger partial charge in [-0.3, -0.25) is 19.0 Å². The van der Waals surface area contributed by atoms with Crippen LogP contribution in [0.4, 0.5) is 0 Å². The molecule has 28 heavy (non-hydrogen) atoms. The van der Waals surface area contributed by atoms with Crippen LogP contribution in [0.3, 0.4) is 0 Å². The Morgan fingerprint density at radius 3 is 2.07 bits per heavy atom. The molecule has 0 aliphatic carbocycles. The number of hydrogen-bond donors (Lipinski definition) is 0. The number of aromatic nitrogens is 2. The molecule has 1 aromatic carbocycles. The van der Waals surface area contributed by atoms with E-state index >= 15 is 0 Å². The van der Waals surface area contributed by atoms with E-state index in [-0.39, 0.29) is 17.3 Å². The molecule has 1 aromatic heterocycles. The van der Waals surface area contributed by atoms with Crippen molar-refractivity contribution in [3.05, 3.63) is 53.1 Å². The zero-order chi connectivity index (χ0) is 20.2. The maximum atomic E-state index is 12.9. The van der Waals surface area contributed by atoms with Crippen LogP contribution in [0.5, 0.6) is 0 Å². The van der Waals surface area contributed by atoms with Crippen molar-refractivity contribution in [2.45, 2.75) is 71.1 Å². The van der Waals surface area contributed by atoms with E-state index in [0.29, 0.717) is 30.4 Å². The van der Waals surface area contributed by atoms with Crippen molar-refractivity contribution in [2.75, 3.05) is 0 Å². The van der Waals surface area contributed by atoms with E-state index in [1.54, 1.807) is 24.3 Å². The Kier molecular flexibility index (Phi) is 9.32. The number of aldehydes is 2. The predicted molar refractivity (Wildman–Crippen MR) is 110 cm³/mol. The standard InChI is InChI=1S/C23H30N2O3/c1-2-3-4-5-6-7-8-9-13-16-22-24-20(17-26)21(18-27)25(22)23(28)19-14-11-10-12-15-19/h10-12,14-15,17-18H,2-9,13,16H2,1H3. The number of unbranched alkanes of at least 4 members (excludes halogenated alkanes) is 8. The first kappa shape index (κ1) is 21.7. The summed E-state index contributed by atoms with van der Waals surface area (Å²) in [5.41, 5.74) is 0.536. The second kappa shape index (κ2) is 12.0. The predicted octanol–water partition coefficient (Wildman–Crippen LogP) is 5.27. The van der Waals surface area contributed by atoms with Crippen molar-refractivity contribution in [1.29, 1.82) is 0 Å². The molecule has 0 radical (unpaired) electrons. The van der Waals surface area contributed by atoms with Gasteiger partial charge in [-0.15, -0.1) is 0 Å². The van der Waals surface area contributed by atoms with Crippen LogP contribution in [0.2, 0.25) is 0 Å². The van der Waals surface area contributed by atoms with Crippen molar-refractivity contribution in [3.8, 4) is 0 Å². The summed E-state index contributed by atoms with van der Waals surface area (Å²) < 4.78 is 1.30. The molecule has 0 saturated heterocycles. The van der Waals surface area contributed by atoms with E-state index in [1.807, 2.05) is 6.07 Å². The van der Waals surface area contributed by atoms with Crippen molar-refractivity contribution >= 4 is 18.5 Å². The van der Waals surface area contributed by atoms with Gasteiger partial charge in [0.25, 0.3) is 5.91 Å². The fourth-order valence-corrected chi connectivity index (χ4v) is 3.40. The number of carbonyl (C=O) groups excluding carboxylic acids is 3. The van der Waals surface area contributed by atoms with Crippen LogP contribution in [0.15, 0.2) is 30.3 Å². The van der Waals surface area contributed by atoms with Crippen LogP contribution >= 0.6 is 0 Å². The first-order chi connectivity index (χ1) is 13.7. The first-order valence-corrected chi connectivity index (χ1v) is 10.3. The number of nitrogens with zero attached hydrogens (tertiary/aromatic N) is 2. The van der Waals surface area contributed by atoms with Crippen LogP contribution < -0.4 is 0 Å². The molecule has 0 unspecified atom stereocenters. The van der Waals surface area contributed by atoms with Gasteiger partial charge in [0.1, 0.15) is 17.2 Å². The van der Waals surface area contributed by atoms with Gasteiger partial charge in [0.05, 0.1) is 0 Å². The summed E-state index contributed by atoms with van der Waals surface area (Å²) in [6.07, 6.45) is 12.4. The Balaban J connectivity index is 1.98. The molecule has 0 aliphatic heterocycles. The lowest BCUT2D eigenvalue weighted by Gasteiger charge is -2.08. The Labute approximate surface area is 167 Å². The molecule has 2 aromatic rings. The molecule has 0 fully saturated rings. The summed E-state index contributed by atoms with van der Waals surface area (Å²) >= 11 is 0. The molecule has 0 bridgehead atoms. The topological polar surface area (TPSA) is 69.0 Å². The highest BCUT2D eigenvalue weighted by atomic mass is 16.2. The zero-order valence-corrected chi connectivity index (χ0v) is 16.7. The van der Waals surface area contributed by atoms with Gasteiger partial charge in [0.15, 0.2) is 12.6 Å². The van der Waals surface area contributed by atoms with Crippen molar-refractivity contribution in [3.63, 3.8) is 0 Å². The fourth-order valence-electron chi connectivity index (χ4n) is 3.40. The Hall–Kier alpha value is -2.56. The van der Waals surface area contributed by atoms with E-state index in [1.165, 1.54) is 43.1 Å². The number of carbonyl (C=O) groups is 3. The molecule has 0 spiro atoms. The van der Waals surface area contributed by atoms with E-state index in [9.17, 15) is 14.4 Å². The van der Waals surface area contributed by atoms with Crippen LogP contribution in [-0.2, 0) is 6.42 Å². The minimum absolute atomic E-state index is 0.0326. The lowest BCUT2D eigenvalue weighted by atomic mass is 10.1. The number of imidazole rings is 1. The van der Waals surface area contributed by atoms with Crippen LogP contribution in [0, 0.1) is 0 Å². The monoisotopic (exact) mass is 382 g/mol. The smallest absolute Gasteiger partial charge is 0.263 e. The summed E-state index contributed by atoms with van der Waals surface area (Å²) in [6, 6.07) is 8.75. The number of hydrogen-bond acceptors (Lipinski definition) is 4. The Morgan fingerprint density at radius 2 is 1.50 bits per heavy atom. The highest BCUT2D eigenvalue weighted by molar-refractivity contribution is 6.01. The maximum Gasteiger partial charge on any atom is 0.263 e. The third-order valence-corrected chi connectivity index (χ3v) is 4.96. The number of aryl methyl sites for hydroxylation is 1. The molecule has 2 rings (SSSR count). The third-order valence-electron chi connectivity index (χ3n) is 4.96. The average molecular weight is 383 g/mol. The van der Waals surface area contributed by atoms with Gasteiger partial charge in [-0.1, -0.05) is 76.5 Å². The van der Waals surface area contributed by atoms with E-state index < -0.39 is 0 Å².